The normalized spacial score (nSPS) is 23.7. The first-order chi connectivity index (χ1) is 6.70. The maximum Gasteiger partial charge on any atom is 0.256 e. The van der Waals surface area contributed by atoms with Crippen molar-refractivity contribution >= 4 is 34.8 Å². The van der Waals surface area contributed by atoms with Crippen LogP contribution in [0.5, 0.6) is 0 Å². The van der Waals surface area contributed by atoms with Crippen LogP contribution in [-0.4, -0.2) is 23.9 Å². The standard InChI is InChI=1S/C7H7ClN4OS/c1-9-7-11-4(5(13)12-7)6-10-2-3(8)14-6/h2,4H,1H3,(H2,9,11,12,13). The Kier molecular flexibility index (Phi) is 2.39. The highest BCUT2D eigenvalue weighted by Crippen LogP contribution is 2.25. The zero-order chi connectivity index (χ0) is 10.1. The van der Waals surface area contributed by atoms with Crippen LogP contribution in [0, 0.1) is 0 Å². The molecule has 1 amide bonds. The van der Waals surface area contributed by atoms with Gasteiger partial charge in [-0.05, 0) is 0 Å². The van der Waals surface area contributed by atoms with E-state index in [-0.39, 0.29) is 5.91 Å². The summed E-state index contributed by atoms with van der Waals surface area (Å²) >= 11 is 7.00. The summed E-state index contributed by atoms with van der Waals surface area (Å²) in [6.45, 7) is 0. The molecule has 1 saturated heterocycles. The van der Waals surface area contributed by atoms with Crippen LogP contribution in [0.3, 0.4) is 0 Å². The van der Waals surface area contributed by atoms with Crippen LogP contribution in [-0.2, 0) is 4.79 Å². The maximum absolute atomic E-state index is 11.4. The van der Waals surface area contributed by atoms with E-state index in [0.717, 1.165) is 0 Å². The second-order valence-electron chi connectivity index (χ2n) is 2.64. The molecule has 0 saturated carbocycles. The lowest BCUT2D eigenvalue weighted by molar-refractivity contribution is -0.120. The Labute approximate surface area is 89.2 Å². The lowest BCUT2D eigenvalue weighted by Gasteiger charge is -2.01. The first kappa shape index (κ1) is 9.42. The van der Waals surface area contributed by atoms with Crippen LogP contribution in [0.4, 0.5) is 0 Å². The third kappa shape index (κ3) is 1.58. The van der Waals surface area contributed by atoms with E-state index < -0.39 is 6.04 Å². The number of hydrogen-bond acceptors (Lipinski definition) is 4. The lowest BCUT2D eigenvalue weighted by Crippen LogP contribution is -2.24. The molecule has 1 aromatic rings. The van der Waals surface area contributed by atoms with Gasteiger partial charge in [-0.3, -0.25) is 15.1 Å². The molecule has 0 spiro atoms. The second-order valence-corrected chi connectivity index (χ2v) is 4.33. The smallest absolute Gasteiger partial charge is 0.256 e. The molecule has 5 nitrogen and oxygen atoms in total. The summed E-state index contributed by atoms with van der Waals surface area (Å²) < 4.78 is 0.566. The Balaban J connectivity index is 2.24. The van der Waals surface area contributed by atoms with Gasteiger partial charge in [0.05, 0.1) is 6.20 Å². The number of halogens is 1. The van der Waals surface area contributed by atoms with Crippen LogP contribution in [0.1, 0.15) is 11.0 Å². The fourth-order valence-corrected chi connectivity index (χ4v) is 2.10. The largest absolute Gasteiger partial charge is 0.339 e. The molecule has 0 radical (unpaired) electrons. The van der Waals surface area contributed by atoms with E-state index in [1.807, 2.05) is 0 Å². The molecule has 1 aromatic heterocycles. The molecule has 1 aliphatic rings. The van der Waals surface area contributed by atoms with Crippen LogP contribution >= 0.6 is 22.9 Å². The van der Waals surface area contributed by atoms with E-state index in [4.69, 9.17) is 11.6 Å². The lowest BCUT2D eigenvalue weighted by atomic mass is 10.3. The highest BCUT2D eigenvalue weighted by Gasteiger charge is 2.31. The molecular weight excluding hydrogens is 224 g/mol. The van der Waals surface area contributed by atoms with Crippen molar-refractivity contribution in [2.24, 2.45) is 4.99 Å². The van der Waals surface area contributed by atoms with Crippen LogP contribution in [0.2, 0.25) is 4.34 Å². The fourth-order valence-electron chi connectivity index (χ4n) is 1.12. The molecule has 2 heterocycles. The van der Waals surface area contributed by atoms with Crippen molar-refractivity contribution in [2.75, 3.05) is 7.05 Å². The third-order valence-electron chi connectivity index (χ3n) is 1.75. The van der Waals surface area contributed by atoms with Gasteiger partial charge >= 0.3 is 0 Å². The molecule has 14 heavy (non-hydrogen) atoms. The van der Waals surface area contributed by atoms with Gasteiger partial charge in [-0.25, -0.2) is 4.98 Å². The third-order valence-corrected chi connectivity index (χ3v) is 2.93. The molecule has 7 heteroatoms. The molecule has 1 unspecified atom stereocenters. The highest BCUT2D eigenvalue weighted by molar-refractivity contribution is 7.16. The Morgan fingerprint density at radius 2 is 2.50 bits per heavy atom. The number of amides is 1. The minimum Gasteiger partial charge on any atom is -0.339 e. The number of carbonyl (C=O) groups is 1. The summed E-state index contributed by atoms with van der Waals surface area (Å²) in [4.78, 5) is 19.3. The fraction of sp³-hybridized carbons (Fsp3) is 0.286. The number of thiazole rings is 1. The van der Waals surface area contributed by atoms with Gasteiger partial charge < -0.3 is 5.32 Å². The predicted octanol–water partition coefficient (Wildman–Crippen LogP) is 0.543. The van der Waals surface area contributed by atoms with E-state index in [1.54, 1.807) is 7.05 Å². The number of carbonyl (C=O) groups excluding carboxylic acids is 1. The van der Waals surface area contributed by atoms with Crippen LogP contribution < -0.4 is 10.6 Å². The van der Waals surface area contributed by atoms with Gasteiger partial charge in [0.25, 0.3) is 5.91 Å². The average Bonchev–Trinajstić information content (AvgIpc) is 2.71. The Morgan fingerprint density at radius 3 is 3.00 bits per heavy atom. The summed E-state index contributed by atoms with van der Waals surface area (Å²) in [5.41, 5.74) is 0. The van der Waals surface area contributed by atoms with E-state index in [9.17, 15) is 4.79 Å². The van der Waals surface area contributed by atoms with Gasteiger partial charge in [-0.15, -0.1) is 11.3 Å². The number of hydrogen-bond donors (Lipinski definition) is 2. The van der Waals surface area contributed by atoms with Crippen molar-refractivity contribution in [1.29, 1.82) is 0 Å². The summed E-state index contributed by atoms with van der Waals surface area (Å²) in [5.74, 6) is 0.308. The Hall–Kier alpha value is -1.14. The van der Waals surface area contributed by atoms with E-state index >= 15 is 0 Å². The Morgan fingerprint density at radius 1 is 1.71 bits per heavy atom. The van der Waals surface area contributed by atoms with Crippen molar-refractivity contribution in [2.45, 2.75) is 6.04 Å². The predicted molar refractivity (Wildman–Crippen MR) is 54.5 cm³/mol. The zero-order valence-corrected chi connectivity index (χ0v) is 8.82. The molecule has 1 fully saturated rings. The summed E-state index contributed by atoms with van der Waals surface area (Å²) in [6.07, 6.45) is 1.53. The summed E-state index contributed by atoms with van der Waals surface area (Å²) in [6, 6.07) is -0.466. The van der Waals surface area contributed by atoms with Gasteiger partial charge in [0.15, 0.2) is 12.0 Å². The van der Waals surface area contributed by atoms with Crippen molar-refractivity contribution in [3.8, 4) is 0 Å². The molecule has 1 atom stereocenters. The number of nitrogens with zero attached hydrogens (tertiary/aromatic N) is 2. The van der Waals surface area contributed by atoms with Crippen LogP contribution in [0.25, 0.3) is 0 Å². The first-order valence-corrected chi connectivity index (χ1v) is 5.05. The number of aliphatic imine (C=N–C) groups is 1. The second kappa shape index (κ2) is 3.55. The molecule has 2 rings (SSSR count). The minimum absolute atomic E-state index is 0.156. The molecule has 0 aliphatic carbocycles. The number of rotatable bonds is 1. The molecule has 0 bridgehead atoms. The molecule has 1 aliphatic heterocycles. The van der Waals surface area contributed by atoms with Gasteiger partial charge in [0.2, 0.25) is 0 Å². The van der Waals surface area contributed by atoms with Crippen LogP contribution in [0.15, 0.2) is 11.2 Å². The van der Waals surface area contributed by atoms with E-state index in [0.29, 0.717) is 15.3 Å². The monoisotopic (exact) mass is 230 g/mol. The number of aromatic nitrogens is 1. The minimum atomic E-state index is -0.466. The van der Waals surface area contributed by atoms with Crippen molar-refractivity contribution in [3.05, 3.63) is 15.5 Å². The number of nitrogens with one attached hydrogen (secondary N) is 2. The topological polar surface area (TPSA) is 66.4 Å². The summed E-state index contributed by atoms with van der Waals surface area (Å²) in [5, 5.41) is 6.13. The quantitative estimate of drug-likeness (QED) is 0.740. The van der Waals surface area contributed by atoms with Crippen molar-refractivity contribution < 1.29 is 4.79 Å². The van der Waals surface area contributed by atoms with E-state index in [1.165, 1.54) is 17.5 Å². The van der Waals surface area contributed by atoms with Crippen molar-refractivity contribution in [1.82, 2.24) is 15.6 Å². The molecule has 2 N–H and O–H groups in total. The van der Waals surface area contributed by atoms with Gasteiger partial charge in [-0.2, -0.15) is 0 Å². The van der Waals surface area contributed by atoms with Gasteiger partial charge in [0, 0.05) is 7.05 Å². The maximum atomic E-state index is 11.4. The van der Waals surface area contributed by atoms with Gasteiger partial charge in [0.1, 0.15) is 9.34 Å². The molecule has 0 aromatic carbocycles. The van der Waals surface area contributed by atoms with E-state index in [2.05, 4.69) is 20.6 Å². The van der Waals surface area contributed by atoms with Crippen molar-refractivity contribution in [3.63, 3.8) is 0 Å². The van der Waals surface area contributed by atoms with Gasteiger partial charge in [-0.1, -0.05) is 11.6 Å². The number of guanidine groups is 1. The molecule has 74 valence electrons. The highest BCUT2D eigenvalue weighted by atomic mass is 35.5. The summed E-state index contributed by atoms with van der Waals surface area (Å²) in [7, 11) is 1.60. The zero-order valence-electron chi connectivity index (χ0n) is 7.24. The average molecular weight is 231 g/mol. The first-order valence-electron chi connectivity index (χ1n) is 3.86. The SMILES string of the molecule is CN=C1NC(=O)C(c2ncc(Cl)s2)N1. The Bertz CT molecular complexity index is 402. The molecular formula is C7H7ClN4OS.